The number of rotatable bonds is 4. The first-order valence-electron chi connectivity index (χ1n) is 8.79. The summed E-state index contributed by atoms with van der Waals surface area (Å²) < 4.78 is 0. The van der Waals surface area contributed by atoms with Gasteiger partial charge in [0, 0.05) is 38.8 Å². The Hall–Kier alpha value is -1.33. The molecule has 0 saturated carbocycles. The summed E-state index contributed by atoms with van der Waals surface area (Å²) in [5.74, 6) is 0.0874. The van der Waals surface area contributed by atoms with Crippen LogP contribution in [0.4, 0.5) is 0 Å². The van der Waals surface area contributed by atoms with Crippen molar-refractivity contribution >= 4 is 41.5 Å². The molecule has 1 amide bonds. The van der Waals surface area contributed by atoms with E-state index >= 15 is 0 Å². The molecule has 2 N–H and O–H groups in total. The van der Waals surface area contributed by atoms with E-state index < -0.39 is 0 Å². The largest absolute Gasteiger partial charge is 0.340 e. The second-order valence-corrected chi connectivity index (χ2v) is 6.89. The first kappa shape index (κ1) is 22.7. The summed E-state index contributed by atoms with van der Waals surface area (Å²) in [6.07, 6.45) is 0. The third-order valence-electron chi connectivity index (χ3n) is 5.14. The number of piperazine rings is 1. The SMILES string of the molecule is CC(N)C(C)C(=O)N1CCN(Cc2cccc3ccccc23)CC1.Cl.Cl. The number of halogens is 2. The van der Waals surface area contributed by atoms with Gasteiger partial charge in [0.05, 0.1) is 5.92 Å². The maximum absolute atomic E-state index is 12.4. The van der Waals surface area contributed by atoms with Crippen molar-refractivity contribution < 1.29 is 4.79 Å². The molecule has 1 aliphatic heterocycles. The maximum Gasteiger partial charge on any atom is 0.227 e. The molecule has 0 radical (unpaired) electrons. The van der Waals surface area contributed by atoms with E-state index in [1.165, 1.54) is 16.3 Å². The summed E-state index contributed by atoms with van der Waals surface area (Å²) in [7, 11) is 0. The number of fused-ring (bicyclic) bond motifs is 1. The van der Waals surface area contributed by atoms with Gasteiger partial charge in [0.15, 0.2) is 0 Å². The highest BCUT2D eigenvalue weighted by atomic mass is 35.5. The van der Waals surface area contributed by atoms with Crippen LogP contribution in [0.3, 0.4) is 0 Å². The Kier molecular flexibility index (Phi) is 8.84. The zero-order valence-corrected chi connectivity index (χ0v) is 17.1. The number of nitrogens with zero attached hydrogens (tertiary/aromatic N) is 2. The number of carbonyl (C=O) groups excluding carboxylic acids is 1. The second kappa shape index (κ2) is 10.1. The van der Waals surface area contributed by atoms with Crippen LogP contribution in [0.15, 0.2) is 42.5 Å². The molecule has 144 valence electrons. The molecule has 1 heterocycles. The highest BCUT2D eigenvalue weighted by molar-refractivity contribution is 5.86. The molecule has 1 fully saturated rings. The highest BCUT2D eigenvalue weighted by Crippen LogP contribution is 2.21. The van der Waals surface area contributed by atoms with Gasteiger partial charge in [-0.2, -0.15) is 0 Å². The summed E-state index contributed by atoms with van der Waals surface area (Å²) in [5.41, 5.74) is 7.23. The van der Waals surface area contributed by atoms with E-state index in [4.69, 9.17) is 5.73 Å². The molecule has 2 aromatic rings. The molecule has 3 rings (SSSR count). The molecular weight excluding hydrogens is 369 g/mol. The van der Waals surface area contributed by atoms with Crippen molar-refractivity contribution in [3.05, 3.63) is 48.0 Å². The fraction of sp³-hybridized carbons (Fsp3) is 0.450. The lowest BCUT2D eigenvalue weighted by Gasteiger charge is -2.36. The molecule has 0 bridgehead atoms. The van der Waals surface area contributed by atoms with Gasteiger partial charge in [-0.3, -0.25) is 9.69 Å². The number of amides is 1. The van der Waals surface area contributed by atoms with Gasteiger partial charge in [-0.25, -0.2) is 0 Å². The third kappa shape index (κ3) is 5.10. The lowest BCUT2D eigenvalue weighted by molar-refractivity contribution is -0.137. The highest BCUT2D eigenvalue weighted by Gasteiger charge is 2.26. The van der Waals surface area contributed by atoms with Crippen LogP contribution in [0.5, 0.6) is 0 Å². The van der Waals surface area contributed by atoms with Crippen LogP contribution in [-0.2, 0) is 11.3 Å². The minimum absolute atomic E-state index is 0. The summed E-state index contributed by atoms with van der Waals surface area (Å²) in [6.45, 7) is 8.18. The summed E-state index contributed by atoms with van der Waals surface area (Å²) >= 11 is 0. The van der Waals surface area contributed by atoms with Gasteiger partial charge in [-0.15, -0.1) is 24.8 Å². The van der Waals surface area contributed by atoms with Crippen molar-refractivity contribution in [1.29, 1.82) is 0 Å². The Morgan fingerprint density at radius 1 is 1.00 bits per heavy atom. The Morgan fingerprint density at radius 3 is 2.27 bits per heavy atom. The standard InChI is InChI=1S/C20H27N3O.2ClH/c1-15(16(2)21)20(24)23-12-10-22(11-13-23)14-18-8-5-7-17-6-3-4-9-19(17)18;;/h3-9,15-16H,10-14,21H2,1-2H3;2*1H. The average molecular weight is 398 g/mol. The smallest absolute Gasteiger partial charge is 0.227 e. The van der Waals surface area contributed by atoms with E-state index in [2.05, 4.69) is 47.4 Å². The summed E-state index contributed by atoms with van der Waals surface area (Å²) in [5, 5.41) is 2.61. The first-order valence-corrected chi connectivity index (χ1v) is 8.79. The fourth-order valence-electron chi connectivity index (χ4n) is 3.31. The number of benzene rings is 2. The van der Waals surface area contributed by atoms with Crippen LogP contribution in [0.1, 0.15) is 19.4 Å². The summed E-state index contributed by atoms with van der Waals surface area (Å²) in [4.78, 5) is 16.8. The van der Waals surface area contributed by atoms with E-state index in [1.807, 2.05) is 18.7 Å². The van der Waals surface area contributed by atoms with E-state index in [9.17, 15) is 4.79 Å². The normalized spacial score (nSPS) is 17.1. The Bertz CT molecular complexity index is 710. The molecule has 1 saturated heterocycles. The molecule has 0 spiro atoms. The molecule has 2 atom stereocenters. The van der Waals surface area contributed by atoms with Gasteiger partial charge >= 0.3 is 0 Å². The van der Waals surface area contributed by atoms with Gasteiger partial charge in [0.25, 0.3) is 0 Å². The molecule has 26 heavy (non-hydrogen) atoms. The van der Waals surface area contributed by atoms with E-state index in [1.54, 1.807) is 0 Å². The molecule has 2 unspecified atom stereocenters. The Labute approximate surface area is 168 Å². The second-order valence-electron chi connectivity index (χ2n) is 6.89. The fourth-order valence-corrected chi connectivity index (χ4v) is 3.31. The van der Waals surface area contributed by atoms with E-state index in [0.717, 1.165) is 32.7 Å². The van der Waals surface area contributed by atoms with Crippen LogP contribution in [-0.4, -0.2) is 47.9 Å². The maximum atomic E-state index is 12.4. The van der Waals surface area contributed by atoms with Crippen molar-refractivity contribution in [1.82, 2.24) is 9.80 Å². The number of hydrogen-bond acceptors (Lipinski definition) is 3. The van der Waals surface area contributed by atoms with Crippen LogP contribution in [0.25, 0.3) is 10.8 Å². The first-order chi connectivity index (χ1) is 11.6. The molecule has 1 aliphatic rings. The topological polar surface area (TPSA) is 49.6 Å². The minimum atomic E-state index is -0.102. The van der Waals surface area contributed by atoms with Crippen LogP contribution >= 0.6 is 24.8 Å². The van der Waals surface area contributed by atoms with Crippen molar-refractivity contribution in [2.75, 3.05) is 26.2 Å². The van der Waals surface area contributed by atoms with Crippen LogP contribution in [0.2, 0.25) is 0 Å². The quantitative estimate of drug-likeness (QED) is 0.860. The molecule has 0 aliphatic carbocycles. The minimum Gasteiger partial charge on any atom is -0.340 e. The molecule has 0 aromatic heterocycles. The van der Waals surface area contributed by atoms with Crippen molar-refractivity contribution in [3.63, 3.8) is 0 Å². The predicted molar refractivity (Wildman–Crippen MR) is 113 cm³/mol. The van der Waals surface area contributed by atoms with Gasteiger partial charge in [0.1, 0.15) is 0 Å². The number of nitrogens with two attached hydrogens (primary N) is 1. The Morgan fingerprint density at radius 2 is 1.62 bits per heavy atom. The third-order valence-corrected chi connectivity index (χ3v) is 5.14. The Balaban J connectivity index is 0.00000169. The zero-order valence-electron chi connectivity index (χ0n) is 15.4. The monoisotopic (exact) mass is 397 g/mol. The van der Waals surface area contributed by atoms with Gasteiger partial charge in [-0.05, 0) is 23.3 Å². The molecule has 4 nitrogen and oxygen atoms in total. The van der Waals surface area contributed by atoms with Crippen LogP contribution < -0.4 is 5.73 Å². The molecular formula is C20H29Cl2N3O. The van der Waals surface area contributed by atoms with Crippen LogP contribution in [0, 0.1) is 5.92 Å². The summed E-state index contributed by atoms with van der Waals surface area (Å²) in [6, 6.07) is 14.9. The average Bonchev–Trinajstić information content (AvgIpc) is 2.61. The van der Waals surface area contributed by atoms with Gasteiger partial charge in [-0.1, -0.05) is 49.4 Å². The zero-order chi connectivity index (χ0) is 17.1. The van der Waals surface area contributed by atoms with Crippen molar-refractivity contribution in [3.8, 4) is 0 Å². The molecule has 2 aromatic carbocycles. The van der Waals surface area contributed by atoms with Crippen molar-refractivity contribution in [2.24, 2.45) is 11.7 Å². The van der Waals surface area contributed by atoms with Crippen molar-refractivity contribution in [2.45, 2.75) is 26.4 Å². The lowest BCUT2D eigenvalue weighted by Crippen LogP contribution is -2.51. The number of hydrogen-bond donors (Lipinski definition) is 1. The lowest BCUT2D eigenvalue weighted by atomic mass is 10.0. The number of carbonyl (C=O) groups is 1. The van der Waals surface area contributed by atoms with E-state index in [-0.39, 0.29) is 42.7 Å². The predicted octanol–water partition coefficient (Wildman–Crippen LogP) is 3.31. The molecule has 6 heteroatoms. The van der Waals surface area contributed by atoms with Gasteiger partial charge < -0.3 is 10.6 Å². The van der Waals surface area contributed by atoms with E-state index in [0.29, 0.717) is 0 Å². The van der Waals surface area contributed by atoms with Gasteiger partial charge in [0.2, 0.25) is 5.91 Å².